The summed E-state index contributed by atoms with van der Waals surface area (Å²) in [6, 6.07) is 17.2. The Balaban J connectivity index is 1.17. The van der Waals surface area contributed by atoms with Crippen molar-refractivity contribution in [3.63, 3.8) is 0 Å². The molecule has 7 nitrogen and oxygen atoms in total. The molecule has 0 radical (unpaired) electrons. The van der Waals surface area contributed by atoms with Crippen molar-refractivity contribution in [2.24, 2.45) is 0 Å². The van der Waals surface area contributed by atoms with Gasteiger partial charge in [-0.2, -0.15) is 0 Å². The number of amides is 1. The van der Waals surface area contributed by atoms with Crippen LogP contribution in [-0.2, 0) is 4.79 Å². The number of carbonyl (C=O) groups is 1. The number of hydrogen-bond acceptors (Lipinski definition) is 4. The second-order valence-corrected chi connectivity index (χ2v) is 10.2. The van der Waals surface area contributed by atoms with Gasteiger partial charge in [0, 0.05) is 22.3 Å². The molecule has 2 atom stereocenters. The van der Waals surface area contributed by atoms with E-state index in [1.54, 1.807) is 0 Å². The topological polar surface area (TPSA) is 80.1 Å². The van der Waals surface area contributed by atoms with E-state index in [1.807, 2.05) is 18.3 Å². The normalized spacial score (nSPS) is 20.9. The molecule has 2 aromatic heterocycles. The molecule has 0 aliphatic carbocycles. The molecule has 2 aromatic carbocycles. The number of benzene rings is 2. The summed E-state index contributed by atoms with van der Waals surface area (Å²) >= 11 is 0. The number of aromatic nitrogens is 3. The van der Waals surface area contributed by atoms with Gasteiger partial charge in [0.15, 0.2) is 0 Å². The highest BCUT2D eigenvalue weighted by molar-refractivity contribution is 5.97. The number of rotatable bonds is 6. The molecule has 2 aliphatic rings. The smallest absolute Gasteiger partial charge is 0.241 e. The van der Waals surface area contributed by atoms with Gasteiger partial charge in [-0.3, -0.25) is 14.6 Å². The van der Waals surface area contributed by atoms with E-state index in [0.717, 1.165) is 83.8 Å². The molecule has 36 heavy (non-hydrogen) atoms. The first kappa shape index (κ1) is 23.0. The van der Waals surface area contributed by atoms with E-state index in [-0.39, 0.29) is 11.9 Å². The summed E-state index contributed by atoms with van der Waals surface area (Å²) in [5, 5.41) is 4.22. The number of likely N-dealkylation sites (N-methyl/N-ethyl adjacent to an activating group) is 1. The molecule has 3 N–H and O–H groups in total. The third-order valence-corrected chi connectivity index (χ3v) is 7.90. The molecule has 6 rings (SSSR count). The van der Waals surface area contributed by atoms with E-state index in [9.17, 15) is 4.79 Å². The number of carbonyl (C=O) groups excluding carboxylic acids is 1. The van der Waals surface area contributed by atoms with Crippen LogP contribution in [0.5, 0.6) is 0 Å². The predicted molar refractivity (Wildman–Crippen MR) is 145 cm³/mol. The van der Waals surface area contributed by atoms with Crippen LogP contribution in [0.2, 0.25) is 0 Å². The Morgan fingerprint density at radius 2 is 1.78 bits per heavy atom. The molecule has 2 saturated heterocycles. The molecule has 0 bridgehead atoms. The van der Waals surface area contributed by atoms with Crippen molar-refractivity contribution in [2.45, 2.75) is 44.7 Å². The Kier molecular flexibility index (Phi) is 6.11. The fourth-order valence-corrected chi connectivity index (χ4v) is 5.83. The molecule has 4 aromatic rings. The van der Waals surface area contributed by atoms with Crippen molar-refractivity contribution in [3.8, 4) is 22.5 Å². The number of nitrogens with zero attached hydrogens (tertiary/aromatic N) is 3. The third kappa shape index (κ3) is 4.33. The maximum atomic E-state index is 12.8. The lowest BCUT2D eigenvalue weighted by Gasteiger charge is -2.21. The number of anilines is 1. The van der Waals surface area contributed by atoms with Crippen LogP contribution in [0.4, 0.5) is 5.69 Å². The van der Waals surface area contributed by atoms with Crippen LogP contribution >= 0.6 is 0 Å². The highest BCUT2D eigenvalue weighted by atomic mass is 16.2. The molecule has 1 amide bonds. The van der Waals surface area contributed by atoms with Crippen LogP contribution in [0.1, 0.15) is 44.5 Å². The molecule has 7 heteroatoms. The average molecular weight is 483 g/mol. The highest BCUT2D eigenvalue weighted by Gasteiger charge is 2.29. The zero-order valence-electron chi connectivity index (χ0n) is 21.1. The minimum Gasteiger partial charge on any atom is -0.355 e. The zero-order valence-corrected chi connectivity index (χ0v) is 21.1. The quantitative estimate of drug-likeness (QED) is 0.343. The molecular weight excluding hydrogens is 448 g/mol. The van der Waals surface area contributed by atoms with Gasteiger partial charge in [0.25, 0.3) is 0 Å². The number of nitrogens with one attached hydrogen (secondary N) is 3. The molecule has 0 saturated carbocycles. The number of aromatic amines is 2. The van der Waals surface area contributed by atoms with E-state index in [0.29, 0.717) is 6.04 Å². The molecular formula is C29H34N6O. The largest absolute Gasteiger partial charge is 0.355 e. The lowest BCUT2D eigenvalue weighted by molar-refractivity contribution is -0.120. The van der Waals surface area contributed by atoms with E-state index in [4.69, 9.17) is 0 Å². The van der Waals surface area contributed by atoms with Crippen LogP contribution in [0.25, 0.3) is 33.4 Å². The summed E-state index contributed by atoms with van der Waals surface area (Å²) in [5.74, 6) is 1.16. The van der Waals surface area contributed by atoms with Crippen molar-refractivity contribution >= 4 is 22.5 Å². The number of likely N-dealkylation sites (tertiary alicyclic amines) is 2. The first-order valence-corrected chi connectivity index (χ1v) is 13.1. The monoisotopic (exact) mass is 482 g/mol. The van der Waals surface area contributed by atoms with Crippen molar-refractivity contribution in [1.82, 2.24) is 24.8 Å². The SMILES string of the molecule is CCN1CCCC1C(=O)Nc1ccc2[nH]c(-c3ccc(-c4cnc(C5CCCN5C)[nH]4)cc3)cc2c1. The number of fused-ring (bicyclic) bond motifs is 1. The molecule has 4 heterocycles. The summed E-state index contributed by atoms with van der Waals surface area (Å²) in [6.45, 7) is 5.17. The van der Waals surface area contributed by atoms with Crippen LogP contribution in [0.15, 0.2) is 54.7 Å². The predicted octanol–water partition coefficient (Wildman–Crippen LogP) is 5.41. The second kappa shape index (κ2) is 9.56. The number of H-pyrrole nitrogens is 2. The average Bonchev–Trinajstić information content (AvgIpc) is 3.69. The van der Waals surface area contributed by atoms with Crippen molar-refractivity contribution in [3.05, 3.63) is 60.6 Å². The molecule has 2 unspecified atom stereocenters. The molecule has 2 aliphatic heterocycles. The van der Waals surface area contributed by atoms with Gasteiger partial charge in [0.05, 0.1) is 24.0 Å². The summed E-state index contributed by atoms with van der Waals surface area (Å²) in [5.41, 5.74) is 6.28. The van der Waals surface area contributed by atoms with Gasteiger partial charge in [-0.1, -0.05) is 31.2 Å². The van der Waals surface area contributed by atoms with Gasteiger partial charge in [0.2, 0.25) is 5.91 Å². The minimum absolute atomic E-state index is 0.0176. The highest BCUT2D eigenvalue weighted by Crippen LogP contribution is 2.31. The fourth-order valence-electron chi connectivity index (χ4n) is 5.83. The van der Waals surface area contributed by atoms with E-state index >= 15 is 0 Å². The van der Waals surface area contributed by atoms with E-state index < -0.39 is 0 Å². The third-order valence-electron chi connectivity index (χ3n) is 7.90. The minimum atomic E-state index is -0.0176. The van der Waals surface area contributed by atoms with Gasteiger partial charge in [-0.15, -0.1) is 0 Å². The molecule has 0 spiro atoms. The maximum absolute atomic E-state index is 12.8. The Bertz CT molecular complexity index is 1370. The fraction of sp³-hybridized carbons (Fsp3) is 0.379. The van der Waals surface area contributed by atoms with Crippen LogP contribution in [-0.4, -0.2) is 63.4 Å². The van der Waals surface area contributed by atoms with E-state index in [1.165, 1.54) is 6.42 Å². The van der Waals surface area contributed by atoms with Gasteiger partial charge < -0.3 is 15.3 Å². The zero-order chi connectivity index (χ0) is 24.6. The van der Waals surface area contributed by atoms with Crippen molar-refractivity contribution < 1.29 is 4.79 Å². The summed E-state index contributed by atoms with van der Waals surface area (Å²) < 4.78 is 0. The van der Waals surface area contributed by atoms with Gasteiger partial charge >= 0.3 is 0 Å². The first-order valence-electron chi connectivity index (χ1n) is 13.1. The number of imidazole rings is 1. The summed E-state index contributed by atoms with van der Waals surface area (Å²) in [4.78, 5) is 29.2. The molecule has 186 valence electrons. The molecule has 2 fully saturated rings. The lowest BCUT2D eigenvalue weighted by Crippen LogP contribution is -2.39. The second-order valence-electron chi connectivity index (χ2n) is 10.2. The van der Waals surface area contributed by atoms with Crippen molar-refractivity contribution in [2.75, 3.05) is 32.0 Å². The Labute approximate surface area is 211 Å². The van der Waals surface area contributed by atoms with Gasteiger partial charge in [-0.25, -0.2) is 4.98 Å². The van der Waals surface area contributed by atoms with E-state index in [2.05, 4.69) is 80.4 Å². The Morgan fingerprint density at radius 3 is 2.53 bits per heavy atom. The lowest BCUT2D eigenvalue weighted by atomic mass is 10.1. The van der Waals surface area contributed by atoms with Crippen LogP contribution < -0.4 is 5.32 Å². The number of hydrogen-bond donors (Lipinski definition) is 3. The van der Waals surface area contributed by atoms with Crippen LogP contribution in [0.3, 0.4) is 0 Å². The standard InChI is InChI=1S/C29H34N6O/c1-3-35-15-5-7-27(35)29(36)31-22-12-13-23-21(16-22)17-24(32-23)19-8-10-20(11-9-19)25-18-30-28(33-25)26-6-4-14-34(26)2/h8-13,16-18,26-27,32H,3-7,14-15H2,1-2H3,(H,30,33)(H,31,36). The van der Waals surface area contributed by atoms with Crippen LogP contribution in [0, 0.1) is 0 Å². The van der Waals surface area contributed by atoms with Gasteiger partial charge in [-0.05, 0) is 87.8 Å². The summed E-state index contributed by atoms with van der Waals surface area (Å²) in [6.07, 6.45) is 6.35. The van der Waals surface area contributed by atoms with Crippen molar-refractivity contribution in [1.29, 1.82) is 0 Å². The Hall–Kier alpha value is -3.42. The summed E-state index contributed by atoms with van der Waals surface area (Å²) in [7, 11) is 2.17. The Morgan fingerprint density at radius 1 is 1.00 bits per heavy atom. The maximum Gasteiger partial charge on any atom is 0.241 e. The van der Waals surface area contributed by atoms with Gasteiger partial charge in [0.1, 0.15) is 5.82 Å². The first-order chi connectivity index (χ1) is 17.6.